The summed E-state index contributed by atoms with van der Waals surface area (Å²) in [6, 6.07) is 19.2. The number of hydrogen-bond donors (Lipinski definition) is 3. The van der Waals surface area contributed by atoms with Crippen molar-refractivity contribution in [2.24, 2.45) is 16.7 Å². The summed E-state index contributed by atoms with van der Waals surface area (Å²) in [5.74, 6) is 5.87. The van der Waals surface area contributed by atoms with Crippen LogP contribution < -0.4 is 16.3 Å². The second-order valence-corrected chi connectivity index (χ2v) is 7.91. The van der Waals surface area contributed by atoms with Crippen molar-refractivity contribution in [3.63, 3.8) is 0 Å². The summed E-state index contributed by atoms with van der Waals surface area (Å²) in [5, 5.41) is 13.7. The molecule has 0 aromatic heterocycles. The highest BCUT2D eigenvalue weighted by Gasteiger charge is 2.14. The first-order valence-corrected chi connectivity index (χ1v) is 10.3. The van der Waals surface area contributed by atoms with Crippen molar-refractivity contribution in [1.82, 2.24) is 0 Å². The maximum Gasteiger partial charge on any atom is 0.163 e. The molecule has 0 aliphatic heterocycles. The first-order valence-electron chi connectivity index (χ1n) is 9.24. The Kier molecular flexibility index (Phi) is 6.94. The van der Waals surface area contributed by atoms with E-state index in [9.17, 15) is 9.90 Å². The Labute approximate surface area is 188 Å². The number of hydrazone groups is 1. The van der Waals surface area contributed by atoms with E-state index in [1.54, 1.807) is 12.1 Å². The van der Waals surface area contributed by atoms with E-state index >= 15 is 0 Å². The van der Waals surface area contributed by atoms with Crippen LogP contribution in [-0.4, -0.2) is 16.7 Å². The summed E-state index contributed by atoms with van der Waals surface area (Å²) in [4.78, 5) is 11.5. The minimum atomic E-state index is -0.184. The third-order valence-electron chi connectivity index (χ3n) is 4.65. The SMILES string of the molecule is CC(=O)c1ccc(OCc2ccc(Cc3cccc(C(N)=NN)c3)cc2)c(I)c1O. The lowest BCUT2D eigenvalue weighted by molar-refractivity contribution is 0.101. The molecule has 0 fully saturated rings. The number of nitrogens with zero attached hydrogens (tertiary/aromatic N) is 1. The van der Waals surface area contributed by atoms with Crippen molar-refractivity contribution in [3.05, 3.63) is 92.1 Å². The lowest BCUT2D eigenvalue weighted by atomic mass is 10.0. The number of carbonyl (C=O) groups excluding carboxylic acids is 1. The molecule has 0 amide bonds. The Bertz CT molecular complexity index is 1100. The zero-order chi connectivity index (χ0) is 21.7. The van der Waals surface area contributed by atoms with Gasteiger partial charge in [-0.3, -0.25) is 4.79 Å². The number of rotatable bonds is 7. The van der Waals surface area contributed by atoms with E-state index in [-0.39, 0.29) is 11.5 Å². The number of hydrogen-bond acceptors (Lipinski definition) is 5. The van der Waals surface area contributed by atoms with E-state index in [1.165, 1.54) is 6.92 Å². The molecule has 3 rings (SSSR count). The highest BCUT2D eigenvalue weighted by atomic mass is 127. The van der Waals surface area contributed by atoms with Crippen LogP contribution in [-0.2, 0) is 13.0 Å². The average Bonchev–Trinajstić information content (AvgIpc) is 2.75. The van der Waals surface area contributed by atoms with Gasteiger partial charge in [-0.05, 0) is 70.8 Å². The molecule has 0 aliphatic carbocycles. The van der Waals surface area contributed by atoms with Crippen LogP contribution in [0, 0.1) is 3.57 Å². The summed E-state index contributed by atoms with van der Waals surface area (Å²) < 4.78 is 6.36. The first-order chi connectivity index (χ1) is 14.4. The van der Waals surface area contributed by atoms with Crippen LogP contribution in [0.5, 0.6) is 11.5 Å². The number of aromatic hydroxyl groups is 1. The molecule has 7 heteroatoms. The van der Waals surface area contributed by atoms with Crippen molar-refractivity contribution in [1.29, 1.82) is 0 Å². The van der Waals surface area contributed by atoms with Crippen LogP contribution in [0.25, 0.3) is 0 Å². The molecule has 30 heavy (non-hydrogen) atoms. The number of nitrogens with two attached hydrogens (primary N) is 2. The van der Waals surface area contributed by atoms with Gasteiger partial charge in [0.2, 0.25) is 0 Å². The Balaban J connectivity index is 1.66. The molecular formula is C23H22IN3O3. The number of benzene rings is 3. The summed E-state index contributed by atoms with van der Waals surface area (Å²) in [6.07, 6.45) is 0.755. The normalized spacial score (nSPS) is 11.3. The van der Waals surface area contributed by atoms with Crippen molar-refractivity contribution in [2.75, 3.05) is 0 Å². The van der Waals surface area contributed by atoms with Gasteiger partial charge in [0.15, 0.2) is 5.78 Å². The van der Waals surface area contributed by atoms with Gasteiger partial charge in [0.05, 0.1) is 9.13 Å². The van der Waals surface area contributed by atoms with E-state index in [0.29, 0.717) is 27.3 Å². The molecule has 0 spiro atoms. The van der Waals surface area contributed by atoms with E-state index < -0.39 is 0 Å². The number of phenols is 1. The topological polar surface area (TPSA) is 111 Å². The minimum Gasteiger partial charge on any atom is -0.506 e. The molecule has 0 atom stereocenters. The molecule has 6 nitrogen and oxygen atoms in total. The Morgan fingerprint density at radius 3 is 2.43 bits per heavy atom. The summed E-state index contributed by atoms with van der Waals surface area (Å²) in [5.41, 5.74) is 10.1. The number of ketones is 1. The molecule has 0 radical (unpaired) electrons. The standard InChI is InChI=1S/C23H22IN3O3/c1-14(28)19-9-10-20(21(24)22(19)29)30-13-16-7-5-15(6-8-16)11-17-3-2-4-18(12-17)23(25)27-26/h2-10,12,29H,11,13,26H2,1H3,(H2,25,27). The van der Waals surface area contributed by atoms with E-state index in [1.807, 2.05) is 71.1 Å². The number of carbonyl (C=O) groups is 1. The number of Topliss-reactive ketones (excluding diaryl/α,β-unsaturated/α-hetero) is 1. The van der Waals surface area contributed by atoms with E-state index in [0.717, 1.165) is 28.7 Å². The fourth-order valence-corrected chi connectivity index (χ4v) is 3.63. The van der Waals surface area contributed by atoms with Gasteiger partial charge >= 0.3 is 0 Å². The maximum atomic E-state index is 11.5. The minimum absolute atomic E-state index is 0.0431. The van der Waals surface area contributed by atoms with Gasteiger partial charge in [0.25, 0.3) is 0 Å². The second-order valence-electron chi connectivity index (χ2n) is 6.83. The Morgan fingerprint density at radius 2 is 1.77 bits per heavy atom. The second kappa shape index (κ2) is 9.62. The predicted molar refractivity (Wildman–Crippen MR) is 126 cm³/mol. The molecular weight excluding hydrogens is 493 g/mol. The van der Waals surface area contributed by atoms with Gasteiger partial charge in [0, 0.05) is 5.56 Å². The smallest absolute Gasteiger partial charge is 0.163 e. The van der Waals surface area contributed by atoms with Crippen LogP contribution >= 0.6 is 22.6 Å². The van der Waals surface area contributed by atoms with Crippen LogP contribution in [0.15, 0.2) is 65.8 Å². The molecule has 3 aromatic rings. The maximum absolute atomic E-state index is 11.5. The molecule has 0 aliphatic rings. The zero-order valence-electron chi connectivity index (χ0n) is 16.4. The molecule has 5 N–H and O–H groups in total. The zero-order valence-corrected chi connectivity index (χ0v) is 18.6. The van der Waals surface area contributed by atoms with E-state index in [4.69, 9.17) is 16.3 Å². The van der Waals surface area contributed by atoms with Crippen molar-refractivity contribution in [2.45, 2.75) is 20.0 Å². The van der Waals surface area contributed by atoms with Gasteiger partial charge in [-0.1, -0.05) is 42.5 Å². The third-order valence-corrected chi connectivity index (χ3v) is 5.69. The lowest BCUT2D eigenvalue weighted by Crippen LogP contribution is -2.15. The third kappa shape index (κ3) is 5.10. The molecule has 0 saturated heterocycles. The van der Waals surface area contributed by atoms with Crippen molar-refractivity contribution in [3.8, 4) is 11.5 Å². The molecule has 0 heterocycles. The van der Waals surface area contributed by atoms with Crippen LogP contribution in [0.4, 0.5) is 0 Å². The van der Waals surface area contributed by atoms with Crippen LogP contribution in [0.1, 0.15) is 39.5 Å². The molecule has 0 saturated carbocycles. The highest BCUT2D eigenvalue weighted by Crippen LogP contribution is 2.33. The van der Waals surface area contributed by atoms with Crippen LogP contribution in [0.3, 0.4) is 0 Å². The van der Waals surface area contributed by atoms with Gasteiger partial charge in [-0.15, -0.1) is 0 Å². The molecule has 154 valence electrons. The number of amidine groups is 1. The summed E-state index contributed by atoms with van der Waals surface area (Å²) >= 11 is 1.98. The van der Waals surface area contributed by atoms with Gasteiger partial charge in [-0.25, -0.2) is 0 Å². The molecule has 0 bridgehead atoms. The fraction of sp³-hybridized carbons (Fsp3) is 0.130. The quantitative estimate of drug-likeness (QED) is 0.110. The summed E-state index contributed by atoms with van der Waals surface area (Å²) in [7, 11) is 0. The lowest BCUT2D eigenvalue weighted by Gasteiger charge is -2.12. The predicted octanol–water partition coefficient (Wildman–Crippen LogP) is 3.95. The fourth-order valence-electron chi connectivity index (χ4n) is 3.01. The summed E-state index contributed by atoms with van der Waals surface area (Å²) in [6.45, 7) is 1.78. The van der Waals surface area contributed by atoms with Gasteiger partial charge < -0.3 is 21.4 Å². The Morgan fingerprint density at radius 1 is 1.07 bits per heavy atom. The first kappa shape index (κ1) is 21.6. The largest absolute Gasteiger partial charge is 0.506 e. The highest BCUT2D eigenvalue weighted by molar-refractivity contribution is 14.1. The Hall–Kier alpha value is -3.07. The molecule has 0 unspecified atom stereocenters. The monoisotopic (exact) mass is 515 g/mol. The van der Waals surface area contributed by atoms with E-state index in [2.05, 4.69) is 5.10 Å². The van der Waals surface area contributed by atoms with Crippen LogP contribution in [0.2, 0.25) is 0 Å². The number of ether oxygens (including phenoxy) is 1. The number of phenolic OH excluding ortho intramolecular Hbond substituents is 1. The van der Waals surface area contributed by atoms with Crippen molar-refractivity contribution >= 4 is 34.2 Å². The van der Waals surface area contributed by atoms with Gasteiger partial charge in [-0.2, -0.15) is 5.10 Å². The molecule has 3 aromatic carbocycles. The number of halogens is 1. The average molecular weight is 515 g/mol. The van der Waals surface area contributed by atoms with Crippen molar-refractivity contribution < 1.29 is 14.6 Å². The van der Waals surface area contributed by atoms with Gasteiger partial charge in [0.1, 0.15) is 23.9 Å².